The van der Waals surface area contributed by atoms with Crippen LogP contribution in [-0.4, -0.2) is 25.5 Å². The molecule has 0 aromatic heterocycles. The lowest BCUT2D eigenvalue weighted by Gasteiger charge is -2.11. The highest BCUT2D eigenvalue weighted by Gasteiger charge is 2.28. The molecule has 1 N–H and O–H groups in total. The minimum Gasteiger partial charge on any atom is -0.482 e. The molecule has 0 fully saturated rings. The van der Waals surface area contributed by atoms with E-state index in [0.29, 0.717) is 0 Å². The van der Waals surface area contributed by atoms with Gasteiger partial charge < -0.3 is 9.47 Å². The molecule has 0 amide bonds. The zero-order valence-corrected chi connectivity index (χ0v) is 18.0. The van der Waals surface area contributed by atoms with E-state index in [1.165, 1.54) is 0 Å². The van der Waals surface area contributed by atoms with Crippen LogP contribution in [0.1, 0.15) is 0 Å². The van der Waals surface area contributed by atoms with Crippen molar-refractivity contribution in [3.05, 3.63) is 48.4 Å². The summed E-state index contributed by atoms with van der Waals surface area (Å²) in [6, 6.07) is 2.25. The molecule has 0 saturated carbocycles. The summed E-state index contributed by atoms with van der Waals surface area (Å²) >= 11 is 3.15. The standard InChI is InChI=1S/C14H5F5I2O6S/c15-8-9(16)11(18)13(12(19)10(8)17)27-7(22)3-26-4-1-5(20)14(6(21)2-4)28(23,24)25/h1-2H,3H2,(H,23,24,25). The molecule has 0 heterocycles. The maximum Gasteiger partial charge on any atom is 0.349 e. The number of benzene rings is 2. The lowest BCUT2D eigenvalue weighted by atomic mass is 10.2. The maximum atomic E-state index is 13.5. The van der Waals surface area contributed by atoms with Gasteiger partial charge in [0, 0.05) is 7.14 Å². The summed E-state index contributed by atoms with van der Waals surface area (Å²) in [5.74, 6) is -15.0. The van der Waals surface area contributed by atoms with Crippen LogP contribution in [0.15, 0.2) is 17.0 Å². The third-order valence-electron chi connectivity index (χ3n) is 2.97. The third kappa shape index (κ3) is 4.82. The molecule has 28 heavy (non-hydrogen) atoms. The van der Waals surface area contributed by atoms with E-state index in [4.69, 9.17) is 9.29 Å². The van der Waals surface area contributed by atoms with Crippen LogP contribution in [0.25, 0.3) is 0 Å². The molecular weight excluding hydrogens is 645 g/mol. The Balaban J connectivity index is 2.19. The van der Waals surface area contributed by atoms with E-state index in [0.717, 1.165) is 12.1 Å². The van der Waals surface area contributed by atoms with Crippen LogP contribution >= 0.6 is 45.2 Å². The van der Waals surface area contributed by atoms with Crippen LogP contribution in [0.5, 0.6) is 11.5 Å². The second-order valence-electron chi connectivity index (χ2n) is 4.85. The highest BCUT2D eigenvalue weighted by atomic mass is 127. The van der Waals surface area contributed by atoms with Crippen molar-refractivity contribution < 1.29 is 49.2 Å². The zero-order chi connectivity index (χ0) is 21.4. The van der Waals surface area contributed by atoms with Crippen LogP contribution in [0.3, 0.4) is 0 Å². The Morgan fingerprint density at radius 1 is 0.929 bits per heavy atom. The van der Waals surface area contributed by atoms with Crippen LogP contribution < -0.4 is 9.47 Å². The molecule has 0 aliphatic carbocycles. The summed E-state index contributed by atoms with van der Waals surface area (Å²) in [5.41, 5.74) is 0. The van der Waals surface area contributed by atoms with Crippen molar-refractivity contribution in [3.63, 3.8) is 0 Å². The van der Waals surface area contributed by atoms with Gasteiger partial charge in [0.1, 0.15) is 10.6 Å². The number of halogens is 7. The Morgan fingerprint density at radius 3 is 1.79 bits per heavy atom. The summed E-state index contributed by atoms with van der Waals surface area (Å²) in [4.78, 5) is 11.2. The molecule has 0 unspecified atom stereocenters. The quantitative estimate of drug-likeness (QED) is 0.101. The molecule has 6 nitrogen and oxygen atoms in total. The molecule has 14 heteroatoms. The van der Waals surface area contributed by atoms with Gasteiger partial charge in [-0.2, -0.15) is 17.2 Å². The van der Waals surface area contributed by atoms with Crippen LogP contribution in [0.2, 0.25) is 0 Å². The molecule has 152 valence electrons. The topological polar surface area (TPSA) is 89.9 Å². The van der Waals surface area contributed by atoms with Crippen molar-refractivity contribution in [2.75, 3.05) is 6.61 Å². The van der Waals surface area contributed by atoms with E-state index >= 15 is 0 Å². The molecule has 0 radical (unpaired) electrons. The van der Waals surface area contributed by atoms with Gasteiger partial charge in [-0.15, -0.1) is 0 Å². The fraction of sp³-hybridized carbons (Fsp3) is 0.0714. The molecule has 2 aromatic rings. The van der Waals surface area contributed by atoms with Crippen LogP contribution in [-0.2, 0) is 14.9 Å². The first-order valence-electron chi connectivity index (χ1n) is 6.66. The molecule has 0 atom stereocenters. The predicted molar refractivity (Wildman–Crippen MR) is 99.1 cm³/mol. The Bertz CT molecular complexity index is 1020. The Hall–Kier alpha value is -1.27. The van der Waals surface area contributed by atoms with Gasteiger partial charge in [-0.25, -0.2) is 18.0 Å². The molecule has 0 saturated heterocycles. The smallest absolute Gasteiger partial charge is 0.349 e. The first-order chi connectivity index (χ1) is 12.8. The average Bonchev–Trinajstić information content (AvgIpc) is 2.58. The van der Waals surface area contributed by atoms with E-state index in [-0.39, 0.29) is 12.9 Å². The van der Waals surface area contributed by atoms with E-state index in [2.05, 4.69) is 4.74 Å². The van der Waals surface area contributed by atoms with Crippen LogP contribution in [0, 0.1) is 36.2 Å². The molecule has 0 bridgehead atoms. The number of carbonyl (C=O) groups is 1. The lowest BCUT2D eigenvalue weighted by molar-refractivity contribution is -0.137. The van der Waals surface area contributed by atoms with Gasteiger partial charge in [-0.3, -0.25) is 4.55 Å². The minimum atomic E-state index is -4.52. The summed E-state index contributed by atoms with van der Waals surface area (Å²) in [6.07, 6.45) is 0. The van der Waals surface area contributed by atoms with Gasteiger partial charge in [0.15, 0.2) is 6.61 Å². The van der Waals surface area contributed by atoms with E-state index in [1.807, 2.05) is 0 Å². The van der Waals surface area contributed by atoms with Crippen molar-refractivity contribution >= 4 is 61.3 Å². The van der Waals surface area contributed by atoms with Gasteiger partial charge >= 0.3 is 5.97 Å². The van der Waals surface area contributed by atoms with E-state index in [1.54, 1.807) is 45.2 Å². The largest absolute Gasteiger partial charge is 0.482 e. The van der Waals surface area contributed by atoms with Gasteiger partial charge in [-0.1, -0.05) is 0 Å². The van der Waals surface area contributed by atoms with Gasteiger partial charge in [0.25, 0.3) is 10.1 Å². The number of rotatable bonds is 5. The van der Waals surface area contributed by atoms with Gasteiger partial charge in [0.05, 0.1) is 0 Å². The molecule has 0 spiro atoms. The molecular formula is C14H5F5I2O6S. The highest BCUT2D eigenvalue weighted by Crippen LogP contribution is 2.30. The second-order valence-corrected chi connectivity index (χ2v) is 8.54. The van der Waals surface area contributed by atoms with Crippen molar-refractivity contribution in [1.29, 1.82) is 0 Å². The summed E-state index contributed by atoms with van der Waals surface area (Å²) < 4.78 is 107. The first-order valence-corrected chi connectivity index (χ1v) is 10.3. The van der Waals surface area contributed by atoms with E-state index in [9.17, 15) is 35.2 Å². The SMILES string of the molecule is O=C(COc1cc(I)c(S(=O)(=O)O)c(I)c1)Oc1c(F)c(F)c(F)c(F)c1F. The first kappa shape index (κ1) is 23.0. The van der Waals surface area contributed by atoms with Gasteiger partial charge in [0.2, 0.25) is 34.8 Å². The number of hydrogen-bond acceptors (Lipinski definition) is 5. The third-order valence-corrected chi connectivity index (χ3v) is 6.36. The Kier molecular flexibility index (Phi) is 7.08. The van der Waals surface area contributed by atoms with Crippen molar-refractivity contribution in [1.82, 2.24) is 0 Å². The zero-order valence-electron chi connectivity index (χ0n) is 12.9. The molecule has 2 rings (SSSR count). The van der Waals surface area contributed by atoms with Gasteiger partial charge in [-0.05, 0) is 57.3 Å². The second kappa shape index (κ2) is 8.62. The number of esters is 1. The summed E-state index contributed by atoms with van der Waals surface area (Å²) in [5, 5.41) is 0. The van der Waals surface area contributed by atoms with Crippen LogP contribution in [0.4, 0.5) is 22.0 Å². The fourth-order valence-corrected chi connectivity index (χ4v) is 5.82. The molecule has 0 aliphatic rings. The normalized spacial score (nSPS) is 11.4. The lowest BCUT2D eigenvalue weighted by Crippen LogP contribution is -2.20. The Morgan fingerprint density at radius 2 is 1.36 bits per heavy atom. The average molecular weight is 650 g/mol. The number of ether oxygens (including phenoxy) is 2. The number of hydrogen-bond donors (Lipinski definition) is 1. The summed E-state index contributed by atoms with van der Waals surface area (Å²) in [7, 11) is -4.52. The van der Waals surface area contributed by atoms with Crippen molar-refractivity contribution in [2.45, 2.75) is 4.90 Å². The summed E-state index contributed by atoms with van der Waals surface area (Å²) in [6.45, 7) is -1.00. The number of carbonyl (C=O) groups excluding carboxylic acids is 1. The van der Waals surface area contributed by atoms with E-state index < -0.39 is 62.4 Å². The fourth-order valence-electron chi connectivity index (χ4n) is 1.83. The molecule has 0 aliphatic heterocycles. The maximum absolute atomic E-state index is 13.5. The Labute approximate surface area is 181 Å². The van der Waals surface area contributed by atoms with Crippen molar-refractivity contribution in [3.8, 4) is 11.5 Å². The minimum absolute atomic E-state index is 0.0372. The van der Waals surface area contributed by atoms with Crippen molar-refractivity contribution in [2.24, 2.45) is 0 Å². The molecule has 2 aromatic carbocycles. The highest BCUT2D eigenvalue weighted by molar-refractivity contribution is 14.1. The monoisotopic (exact) mass is 650 g/mol. The predicted octanol–water partition coefficient (Wildman–Crippen LogP) is 3.82.